The Morgan fingerprint density at radius 1 is 1.41 bits per heavy atom. The normalized spacial score (nSPS) is 24.3. The van der Waals surface area contributed by atoms with Crippen LogP contribution >= 0.6 is 0 Å². The van der Waals surface area contributed by atoms with E-state index in [2.05, 4.69) is 9.88 Å². The van der Waals surface area contributed by atoms with Crippen LogP contribution in [0.15, 0.2) is 28.7 Å². The molecule has 0 saturated carbocycles. The van der Waals surface area contributed by atoms with Gasteiger partial charge in [-0.25, -0.2) is 9.78 Å². The molecule has 1 aromatic heterocycles. The zero-order chi connectivity index (χ0) is 15.7. The number of fused-ring (bicyclic) bond motifs is 1. The molecule has 1 aromatic carbocycles. The van der Waals surface area contributed by atoms with Crippen molar-refractivity contribution < 1.29 is 18.7 Å². The third-order valence-electron chi connectivity index (χ3n) is 3.97. The number of ether oxygens (including phenoxy) is 2. The van der Waals surface area contributed by atoms with Crippen molar-refractivity contribution >= 4 is 17.1 Å². The Morgan fingerprint density at radius 3 is 2.91 bits per heavy atom. The maximum absolute atomic E-state index is 11.7. The minimum atomic E-state index is -0.569. The van der Waals surface area contributed by atoms with Gasteiger partial charge in [0.15, 0.2) is 11.7 Å². The molecule has 0 amide bonds. The van der Waals surface area contributed by atoms with Crippen LogP contribution in [0.25, 0.3) is 11.1 Å². The summed E-state index contributed by atoms with van der Waals surface area (Å²) in [6.07, 6.45) is -0.620. The zero-order valence-corrected chi connectivity index (χ0v) is 13.0. The van der Waals surface area contributed by atoms with Crippen molar-refractivity contribution in [3.05, 3.63) is 30.2 Å². The van der Waals surface area contributed by atoms with Crippen molar-refractivity contribution in [2.75, 3.05) is 20.2 Å². The number of oxazole rings is 1. The van der Waals surface area contributed by atoms with Crippen LogP contribution in [0, 0.1) is 0 Å². The summed E-state index contributed by atoms with van der Waals surface area (Å²) in [4.78, 5) is 18.4. The van der Waals surface area contributed by atoms with Crippen LogP contribution in [0.4, 0.5) is 0 Å². The number of hydrogen-bond acceptors (Lipinski definition) is 6. The molecule has 3 rings (SSSR count). The lowest BCUT2D eigenvalue weighted by Gasteiger charge is -2.37. The topological polar surface area (TPSA) is 64.8 Å². The summed E-state index contributed by atoms with van der Waals surface area (Å²) in [5.74, 6) is 0.306. The van der Waals surface area contributed by atoms with Crippen LogP contribution in [0.3, 0.4) is 0 Å². The van der Waals surface area contributed by atoms with E-state index in [1.165, 1.54) is 7.11 Å². The summed E-state index contributed by atoms with van der Waals surface area (Å²) in [6, 6.07) is 7.65. The second-order valence-corrected chi connectivity index (χ2v) is 5.61. The van der Waals surface area contributed by atoms with Crippen LogP contribution in [0.5, 0.6) is 0 Å². The molecule has 1 aliphatic heterocycles. The monoisotopic (exact) mass is 304 g/mol. The van der Waals surface area contributed by atoms with Gasteiger partial charge < -0.3 is 13.9 Å². The zero-order valence-electron chi connectivity index (χ0n) is 13.0. The maximum atomic E-state index is 11.7. The Kier molecular flexibility index (Phi) is 4.13. The molecule has 2 heterocycles. The van der Waals surface area contributed by atoms with Crippen molar-refractivity contribution in [3.63, 3.8) is 0 Å². The molecule has 118 valence electrons. The van der Waals surface area contributed by atoms with Crippen molar-refractivity contribution in [2.24, 2.45) is 0 Å². The fourth-order valence-corrected chi connectivity index (χ4v) is 2.79. The second kappa shape index (κ2) is 6.06. The molecule has 1 fully saturated rings. The van der Waals surface area contributed by atoms with E-state index in [-0.39, 0.29) is 18.1 Å². The SMILES string of the molecule is COC(=O)[C@H]1CN([C@H](C)c2nc3ccccc3o2)C[C@@H](C)O1. The van der Waals surface area contributed by atoms with Gasteiger partial charge >= 0.3 is 5.97 Å². The minimum Gasteiger partial charge on any atom is -0.467 e. The molecule has 0 bridgehead atoms. The Labute approximate surface area is 129 Å². The van der Waals surface area contributed by atoms with Crippen molar-refractivity contribution in [3.8, 4) is 0 Å². The van der Waals surface area contributed by atoms with Gasteiger partial charge in [0, 0.05) is 13.1 Å². The average Bonchev–Trinajstić information content (AvgIpc) is 2.96. The molecule has 22 heavy (non-hydrogen) atoms. The first kappa shape index (κ1) is 15.0. The average molecular weight is 304 g/mol. The minimum absolute atomic E-state index is 0.0362. The number of methoxy groups -OCH3 is 1. The van der Waals surface area contributed by atoms with Gasteiger partial charge in [-0.2, -0.15) is 0 Å². The van der Waals surface area contributed by atoms with Crippen LogP contribution in [-0.2, 0) is 14.3 Å². The van der Waals surface area contributed by atoms with Gasteiger partial charge in [0.25, 0.3) is 0 Å². The second-order valence-electron chi connectivity index (χ2n) is 5.61. The third-order valence-corrected chi connectivity index (χ3v) is 3.97. The van der Waals surface area contributed by atoms with E-state index < -0.39 is 6.10 Å². The molecular formula is C16H20N2O4. The summed E-state index contributed by atoms with van der Waals surface area (Å²) in [5, 5.41) is 0. The number of nitrogens with zero attached hydrogens (tertiary/aromatic N) is 2. The molecule has 0 spiro atoms. The fraction of sp³-hybridized carbons (Fsp3) is 0.500. The highest BCUT2D eigenvalue weighted by Crippen LogP contribution is 2.27. The number of esters is 1. The Bertz CT molecular complexity index is 636. The largest absolute Gasteiger partial charge is 0.467 e. The molecule has 3 atom stereocenters. The Hall–Kier alpha value is -1.92. The fourth-order valence-electron chi connectivity index (χ4n) is 2.79. The van der Waals surface area contributed by atoms with E-state index in [1.807, 2.05) is 38.1 Å². The smallest absolute Gasteiger partial charge is 0.336 e. The van der Waals surface area contributed by atoms with Crippen LogP contribution in [0.2, 0.25) is 0 Å². The molecule has 0 radical (unpaired) electrons. The number of carbonyl (C=O) groups excluding carboxylic acids is 1. The van der Waals surface area contributed by atoms with Crippen LogP contribution < -0.4 is 0 Å². The van der Waals surface area contributed by atoms with Gasteiger partial charge in [-0.05, 0) is 26.0 Å². The summed E-state index contributed by atoms with van der Waals surface area (Å²) >= 11 is 0. The highest BCUT2D eigenvalue weighted by molar-refractivity contribution is 5.75. The molecule has 6 nitrogen and oxygen atoms in total. The van der Waals surface area contributed by atoms with Gasteiger partial charge in [0.05, 0.1) is 19.3 Å². The highest BCUT2D eigenvalue weighted by atomic mass is 16.6. The van der Waals surface area contributed by atoms with Crippen LogP contribution in [-0.4, -0.2) is 48.3 Å². The van der Waals surface area contributed by atoms with E-state index in [0.29, 0.717) is 19.0 Å². The summed E-state index contributed by atoms with van der Waals surface area (Å²) in [6.45, 7) is 5.16. The van der Waals surface area contributed by atoms with E-state index >= 15 is 0 Å². The molecule has 0 unspecified atom stereocenters. The van der Waals surface area contributed by atoms with Gasteiger partial charge in [-0.3, -0.25) is 4.90 Å². The Morgan fingerprint density at radius 2 is 2.18 bits per heavy atom. The van der Waals surface area contributed by atoms with Gasteiger partial charge in [0.2, 0.25) is 5.89 Å². The molecule has 0 aliphatic carbocycles. The molecule has 2 aromatic rings. The molecule has 1 saturated heterocycles. The van der Waals surface area contributed by atoms with E-state index in [0.717, 1.165) is 11.1 Å². The van der Waals surface area contributed by atoms with E-state index in [9.17, 15) is 4.79 Å². The van der Waals surface area contributed by atoms with Gasteiger partial charge in [-0.1, -0.05) is 12.1 Å². The standard InChI is InChI=1S/C16H20N2O4/c1-10-8-18(9-14(21-10)16(19)20-3)11(2)15-17-12-6-4-5-7-13(12)22-15/h4-7,10-11,14H,8-9H2,1-3H3/t10-,11-,14-/m1/s1. The summed E-state index contributed by atoms with van der Waals surface area (Å²) in [5.41, 5.74) is 1.62. The number of morpholine rings is 1. The summed E-state index contributed by atoms with van der Waals surface area (Å²) < 4.78 is 16.3. The van der Waals surface area contributed by atoms with Crippen molar-refractivity contribution in [1.29, 1.82) is 0 Å². The van der Waals surface area contributed by atoms with Crippen molar-refractivity contribution in [1.82, 2.24) is 9.88 Å². The number of hydrogen-bond donors (Lipinski definition) is 0. The van der Waals surface area contributed by atoms with E-state index in [4.69, 9.17) is 13.9 Å². The molecule has 1 aliphatic rings. The molecular weight excluding hydrogens is 284 g/mol. The van der Waals surface area contributed by atoms with Gasteiger partial charge in [0.1, 0.15) is 5.52 Å². The highest BCUT2D eigenvalue weighted by Gasteiger charge is 2.34. The number of carbonyl (C=O) groups is 1. The predicted octanol–water partition coefficient (Wildman–Crippen LogP) is 2.15. The summed E-state index contributed by atoms with van der Waals surface area (Å²) in [7, 11) is 1.37. The van der Waals surface area contributed by atoms with Crippen molar-refractivity contribution in [2.45, 2.75) is 32.1 Å². The third kappa shape index (κ3) is 2.84. The number of para-hydroxylation sites is 2. The lowest BCUT2D eigenvalue weighted by Crippen LogP contribution is -2.50. The number of benzene rings is 1. The first-order valence-electron chi connectivity index (χ1n) is 7.41. The number of rotatable bonds is 3. The lowest BCUT2D eigenvalue weighted by atomic mass is 10.1. The predicted molar refractivity (Wildman–Crippen MR) is 80.3 cm³/mol. The molecule has 6 heteroatoms. The van der Waals surface area contributed by atoms with Crippen LogP contribution in [0.1, 0.15) is 25.8 Å². The quantitative estimate of drug-likeness (QED) is 0.810. The first-order valence-corrected chi connectivity index (χ1v) is 7.41. The van der Waals surface area contributed by atoms with E-state index in [1.54, 1.807) is 0 Å². The number of aromatic nitrogens is 1. The molecule has 0 N–H and O–H groups in total. The Balaban J connectivity index is 1.80. The first-order chi connectivity index (χ1) is 10.6. The maximum Gasteiger partial charge on any atom is 0.336 e. The lowest BCUT2D eigenvalue weighted by molar-refractivity contribution is -0.168. The van der Waals surface area contributed by atoms with Gasteiger partial charge in [-0.15, -0.1) is 0 Å².